The van der Waals surface area contributed by atoms with Crippen LogP contribution in [0.1, 0.15) is 12.8 Å². The second-order valence-electron chi connectivity index (χ2n) is 4.16. The van der Waals surface area contributed by atoms with Crippen LogP contribution >= 0.6 is 22.6 Å². The van der Waals surface area contributed by atoms with Crippen molar-refractivity contribution in [2.75, 3.05) is 18.4 Å². The van der Waals surface area contributed by atoms with Gasteiger partial charge in [0, 0.05) is 10.1 Å². The summed E-state index contributed by atoms with van der Waals surface area (Å²) in [6.45, 7) is 1.71. The average molecular weight is 348 g/mol. The van der Waals surface area contributed by atoms with Gasteiger partial charge in [0.2, 0.25) is 5.91 Å². The maximum Gasteiger partial charge on any atom is 0.228 e. The highest BCUT2D eigenvalue weighted by atomic mass is 127. The van der Waals surface area contributed by atoms with Crippen LogP contribution in [0.15, 0.2) is 18.2 Å². The summed E-state index contributed by atoms with van der Waals surface area (Å²) >= 11 is 2.02. The van der Waals surface area contributed by atoms with Crippen LogP contribution < -0.4 is 10.6 Å². The molecule has 0 radical (unpaired) electrons. The normalized spacial score (nSPS) is 20.0. The molecule has 0 aromatic heterocycles. The molecular weight excluding hydrogens is 334 g/mol. The van der Waals surface area contributed by atoms with Crippen molar-refractivity contribution in [3.8, 4) is 0 Å². The maximum atomic E-state index is 12.9. The van der Waals surface area contributed by atoms with E-state index in [-0.39, 0.29) is 17.6 Å². The van der Waals surface area contributed by atoms with Gasteiger partial charge in [-0.25, -0.2) is 4.39 Å². The Bertz CT molecular complexity index is 419. The van der Waals surface area contributed by atoms with Crippen LogP contribution in [0.3, 0.4) is 0 Å². The maximum absolute atomic E-state index is 12.9. The molecule has 0 spiro atoms. The lowest BCUT2D eigenvalue weighted by molar-refractivity contribution is -0.120. The second-order valence-corrected chi connectivity index (χ2v) is 5.32. The van der Waals surface area contributed by atoms with E-state index < -0.39 is 0 Å². The van der Waals surface area contributed by atoms with E-state index in [9.17, 15) is 9.18 Å². The predicted octanol–water partition coefficient (Wildman–Crippen LogP) is 2.37. The molecule has 3 nitrogen and oxygen atoms in total. The first-order valence-electron chi connectivity index (χ1n) is 5.63. The highest BCUT2D eigenvalue weighted by Gasteiger charge is 2.21. The lowest BCUT2D eigenvalue weighted by Crippen LogP contribution is -2.37. The number of piperidine rings is 1. The van der Waals surface area contributed by atoms with E-state index in [0.717, 1.165) is 29.5 Å². The predicted molar refractivity (Wildman–Crippen MR) is 73.3 cm³/mol. The molecule has 1 aromatic rings. The quantitative estimate of drug-likeness (QED) is 0.806. The lowest BCUT2D eigenvalue weighted by Gasteiger charge is -2.22. The number of nitrogens with one attached hydrogen (secondary N) is 2. The summed E-state index contributed by atoms with van der Waals surface area (Å²) in [5.41, 5.74) is 0.683. The van der Waals surface area contributed by atoms with Gasteiger partial charge in [-0.3, -0.25) is 4.79 Å². The first kappa shape index (κ1) is 12.8. The van der Waals surface area contributed by atoms with Crippen molar-refractivity contribution < 1.29 is 9.18 Å². The fourth-order valence-corrected chi connectivity index (χ4v) is 2.51. The summed E-state index contributed by atoms with van der Waals surface area (Å²) in [6, 6.07) is 4.37. The van der Waals surface area contributed by atoms with Crippen LogP contribution in [0.2, 0.25) is 0 Å². The van der Waals surface area contributed by atoms with Gasteiger partial charge >= 0.3 is 0 Å². The van der Waals surface area contributed by atoms with Crippen molar-refractivity contribution >= 4 is 34.2 Å². The van der Waals surface area contributed by atoms with Gasteiger partial charge < -0.3 is 10.6 Å². The topological polar surface area (TPSA) is 41.1 Å². The third kappa shape index (κ3) is 3.38. The molecule has 1 amide bonds. The first-order valence-corrected chi connectivity index (χ1v) is 6.71. The summed E-state index contributed by atoms with van der Waals surface area (Å²) in [4.78, 5) is 12.0. The van der Waals surface area contributed by atoms with Crippen molar-refractivity contribution in [1.29, 1.82) is 0 Å². The summed E-state index contributed by atoms with van der Waals surface area (Å²) < 4.78 is 13.6. The Hall–Kier alpha value is -0.690. The first-order chi connectivity index (χ1) is 8.16. The van der Waals surface area contributed by atoms with E-state index in [1.54, 1.807) is 6.07 Å². The van der Waals surface area contributed by atoms with Crippen LogP contribution in [-0.4, -0.2) is 19.0 Å². The Morgan fingerprint density at radius 1 is 1.53 bits per heavy atom. The van der Waals surface area contributed by atoms with Crippen molar-refractivity contribution in [1.82, 2.24) is 5.32 Å². The van der Waals surface area contributed by atoms with Gasteiger partial charge in [0.1, 0.15) is 5.82 Å². The smallest absolute Gasteiger partial charge is 0.228 e. The fourth-order valence-electron chi connectivity index (χ4n) is 1.90. The number of carbonyl (C=O) groups is 1. The molecule has 92 valence electrons. The zero-order valence-electron chi connectivity index (χ0n) is 9.30. The third-order valence-corrected chi connectivity index (χ3v) is 3.75. The molecule has 17 heavy (non-hydrogen) atoms. The highest BCUT2D eigenvalue weighted by Crippen LogP contribution is 2.20. The Kier molecular flexibility index (Phi) is 4.33. The largest absolute Gasteiger partial charge is 0.325 e. The summed E-state index contributed by atoms with van der Waals surface area (Å²) in [7, 11) is 0. The van der Waals surface area contributed by atoms with Gasteiger partial charge in [-0.05, 0) is 60.2 Å². The molecule has 0 aliphatic carbocycles. The molecule has 1 fully saturated rings. The minimum absolute atomic E-state index is 0.0155. The van der Waals surface area contributed by atoms with Crippen LogP contribution in [-0.2, 0) is 4.79 Å². The minimum atomic E-state index is -0.285. The van der Waals surface area contributed by atoms with Gasteiger partial charge in [-0.1, -0.05) is 0 Å². The molecule has 1 saturated heterocycles. The SMILES string of the molecule is O=C(Nc1ccc(F)cc1I)[C@@H]1CCCNC1. The molecule has 1 aliphatic rings. The summed E-state index contributed by atoms with van der Waals surface area (Å²) in [5.74, 6) is -0.252. The zero-order valence-corrected chi connectivity index (χ0v) is 11.5. The average Bonchev–Trinajstić information content (AvgIpc) is 2.34. The summed E-state index contributed by atoms with van der Waals surface area (Å²) in [6.07, 6.45) is 1.94. The third-order valence-electron chi connectivity index (χ3n) is 2.86. The van der Waals surface area contributed by atoms with E-state index in [1.165, 1.54) is 12.1 Å². The van der Waals surface area contributed by atoms with Crippen LogP contribution in [0.5, 0.6) is 0 Å². The summed E-state index contributed by atoms with van der Waals surface area (Å²) in [5, 5.41) is 6.06. The Morgan fingerprint density at radius 3 is 3.00 bits per heavy atom. The fraction of sp³-hybridized carbons (Fsp3) is 0.417. The van der Waals surface area contributed by atoms with E-state index in [4.69, 9.17) is 0 Å². The molecule has 1 aromatic carbocycles. The number of halogens is 2. The molecule has 1 atom stereocenters. The Balaban J connectivity index is 2.02. The number of hydrogen-bond donors (Lipinski definition) is 2. The molecular formula is C12H14FIN2O. The Morgan fingerprint density at radius 2 is 2.35 bits per heavy atom. The second kappa shape index (κ2) is 5.77. The lowest BCUT2D eigenvalue weighted by atomic mass is 9.99. The van der Waals surface area contributed by atoms with Gasteiger partial charge in [-0.15, -0.1) is 0 Å². The molecule has 0 bridgehead atoms. The zero-order chi connectivity index (χ0) is 12.3. The molecule has 2 rings (SSSR count). The van der Waals surface area contributed by atoms with E-state index in [1.807, 2.05) is 22.6 Å². The number of amides is 1. The van der Waals surface area contributed by atoms with E-state index >= 15 is 0 Å². The van der Waals surface area contributed by atoms with Crippen LogP contribution in [0, 0.1) is 15.3 Å². The number of anilines is 1. The van der Waals surface area contributed by atoms with Crippen LogP contribution in [0.25, 0.3) is 0 Å². The van der Waals surface area contributed by atoms with Gasteiger partial charge in [0.25, 0.3) is 0 Å². The number of rotatable bonds is 2. The highest BCUT2D eigenvalue weighted by molar-refractivity contribution is 14.1. The number of carbonyl (C=O) groups excluding carboxylic acids is 1. The van der Waals surface area contributed by atoms with E-state index in [0.29, 0.717) is 5.69 Å². The van der Waals surface area contributed by atoms with E-state index in [2.05, 4.69) is 10.6 Å². The van der Waals surface area contributed by atoms with Gasteiger partial charge in [0.05, 0.1) is 11.6 Å². The van der Waals surface area contributed by atoms with Crippen molar-refractivity contribution in [2.45, 2.75) is 12.8 Å². The molecule has 0 saturated carbocycles. The molecule has 1 heterocycles. The molecule has 2 N–H and O–H groups in total. The van der Waals surface area contributed by atoms with Gasteiger partial charge in [0.15, 0.2) is 0 Å². The van der Waals surface area contributed by atoms with Crippen LogP contribution in [0.4, 0.5) is 10.1 Å². The van der Waals surface area contributed by atoms with Crippen molar-refractivity contribution in [3.05, 3.63) is 27.6 Å². The van der Waals surface area contributed by atoms with Gasteiger partial charge in [-0.2, -0.15) is 0 Å². The number of benzene rings is 1. The number of hydrogen-bond acceptors (Lipinski definition) is 2. The molecule has 1 aliphatic heterocycles. The molecule has 5 heteroatoms. The van der Waals surface area contributed by atoms with Crippen molar-refractivity contribution in [2.24, 2.45) is 5.92 Å². The van der Waals surface area contributed by atoms with Crippen molar-refractivity contribution in [3.63, 3.8) is 0 Å². The standard InChI is InChI=1S/C12H14FIN2O/c13-9-3-4-11(10(14)6-9)16-12(17)8-2-1-5-15-7-8/h3-4,6,8,15H,1-2,5,7H2,(H,16,17)/t8-/m1/s1. The molecule has 0 unspecified atom stereocenters. The Labute approximate surface area is 113 Å². The monoisotopic (exact) mass is 348 g/mol. The minimum Gasteiger partial charge on any atom is -0.325 e.